The maximum absolute atomic E-state index is 6.71. The summed E-state index contributed by atoms with van der Waals surface area (Å²) in [4.78, 5) is 15.1. The largest absolute Gasteiger partial charge is 0.460 e. The van der Waals surface area contributed by atoms with E-state index in [0.717, 1.165) is 95.7 Å². The number of nitrogens with zero attached hydrogens (tertiary/aromatic N) is 3. The van der Waals surface area contributed by atoms with Gasteiger partial charge in [-0.3, -0.25) is 0 Å². The number of furan rings is 2. The van der Waals surface area contributed by atoms with Crippen molar-refractivity contribution in [1.82, 2.24) is 15.0 Å². The van der Waals surface area contributed by atoms with Gasteiger partial charge in [0.2, 0.25) is 0 Å². The zero-order valence-corrected chi connectivity index (χ0v) is 29.2. The standard InChI is InChI=1S/C49H31N3O2/c1-3-13-30(14-4-1)47-50-48(31-15-5-2-6-16-31)52-49(51-47)38-28-27-36(34-17-7-8-18-35(34)38)37-21-12-24-43-46(37)40-26-25-32(29-44(40)54-43)33-20-11-23-42-45(33)39-19-9-10-22-41(39)53-42/h1-11,13-23,25-29H,12,24H2. The first-order valence-electron chi connectivity index (χ1n) is 18.3. The molecule has 0 unspecified atom stereocenters. The molecule has 5 heteroatoms. The Bertz CT molecular complexity index is 3040. The minimum atomic E-state index is 0.644. The minimum absolute atomic E-state index is 0.644. The lowest BCUT2D eigenvalue weighted by Crippen LogP contribution is -2.02. The predicted octanol–water partition coefficient (Wildman–Crippen LogP) is 12.7. The van der Waals surface area contributed by atoms with Crippen molar-refractivity contribution in [1.29, 1.82) is 0 Å². The molecule has 0 amide bonds. The lowest BCUT2D eigenvalue weighted by atomic mass is 9.86. The molecule has 0 aliphatic heterocycles. The zero-order valence-electron chi connectivity index (χ0n) is 29.2. The van der Waals surface area contributed by atoms with Crippen LogP contribution in [-0.4, -0.2) is 15.0 Å². The van der Waals surface area contributed by atoms with E-state index in [1.54, 1.807) is 0 Å². The van der Waals surface area contributed by atoms with E-state index in [0.29, 0.717) is 17.5 Å². The molecule has 0 bridgehead atoms. The van der Waals surface area contributed by atoms with Crippen LogP contribution in [0.3, 0.4) is 0 Å². The number of fused-ring (bicyclic) bond motifs is 7. The van der Waals surface area contributed by atoms with Crippen molar-refractivity contribution in [3.63, 3.8) is 0 Å². The number of allylic oxidation sites excluding steroid dienone is 1. The minimum Gasteiger partial charge on any atom is -0.460 e. The molecular formula is C49H31N3O2. The topological polar surface area (TPSA) is 65.0 Å². The summed E-state index contributed by atoms with van der Waals surface area (Å²) in [5.41, 5.74) is 11.3. The average molecular weight is 694 g/mol. The maximum Gasteiger partial charge on any atom is 0.164 e. The highest BCUT2D eigenvalue weighted by atomic mass is 16.3. The number of benzene rings is 7. The van der Waals surface area contributed by atoms with Gasteiger partial charge in [-0.05, 0) is 69.8 Å². The van der Waals surface area contributed by atoms with Crippen LogP contribution in [0.2, 0.25) is 0 Å². The van der Waals surface area contributed by atoms with Crippen LogP contribution in [-0.2, 0) is 6.42 Å². The highest BCUT2D eigenvalue weighted by molar-refractivity contribution is 6.13. The van der Waals surface area contributed by atoms with E-state index in [9.17, 15) is 0 Å². The van der Waals surface area contributed by atoms with Crippen LogP contribution in [0, 0.1) is 0 Å². The number of hydrogen-bond acceptors (Lipinski definition) is 5. The van der Waals surface area contributed by atoms with Crippen LogP contribution in [0.15, 0.2) is 173 Å². The Morgan fingerprint density at radius 1 is 0.407 bits per heavy atom. The van der Waals surface area contributed by atoms with Crippen LogP contribution in [0.25, 0.3) is 94.5 Å². The van der Waals surface area contributed by atoms with Gasteiger partial charge in [-0.2, -0.15) is 0 Å². The van der Waals surface area contributed by atoms with Gasteiger partial charge in [0, 0.05) is 44.8 Å². The van der Waals surface area contributed by atoms with Crippen LogP contribution >= 0.6 is 0 Å². The molecular weight excluding hydrogens is 663 g/mol. The van der Waals surface area contributed by atoms with Crippen molar-refractivity contribution in [2.24, 2.45) is 0 Å². The fourth-order valence-corrected chi connectivity index (χ4v) is 8.15. The summed E-state index contributed by atoms with van der Waals surface area (Å²) in [6.45, 7) is 0. The van der Waals surface area contributed by atoms with Crippen molar-refractivity contribution in [2.45, 2.75) is 12.8 Å². The molecule has 3 heterocycles. The molecule has 54 heavy (non-hydrogen) atoms. The Morgan fingerprint density at radius 2 is 1.04 bits per heavy atom. The monoisotopic (exact) mass is 693 g/mol. The first kappa shape index (κ1) is 30.5. The molecule has 0 saturated carbocycles. The molecule has 254 valence electrons. The second kappa shape index (κ2) is 12.2. The lowest BCUT2D eigenvalue weighted by molar-refractivity contribution is 0.545. The van der Waals surface area contributed by atoms with Crippen molar-refractivity contribution >= 4 is 49.3 Å². The third-order valence-electron chi connectivity index (χ3n) is 10.6. The average Bonchev–Trinajstić information content (AvgIpc) is 3.82. The van der Waals surface area contributed by atoms with Gasteiger partial charge in [0.15, 0.2) is 17.5 Å². The summed E-state index contributed by atoms with van der Waals surface area (Å²) in [6.07, 6.45) is 4.13. The predicted molar refractivity (Wildman–Crippen MR) is 218 cm³/mol. The number of aromatic nitrogens is 3. The molecule has 0 radical (unpaired) electrons. The Labute approximate surface area is 310 Å². The smallest absolute Gasteiger partial charge is 0.164 e. The first-order chi connectivity index (χ1) is 26.8. The van der Waals surface area contributed by atoms with Gasteiger partial charge in [-0.1, -0.05) is 133 Å². The van der Waals surface area contributed by atoms with Gasteiger partial charge in [-0.15, -0.1) is 0 Å². The fraction of sp³-hybridized carbons (Fsp3) is 0.0408. The van der Waals surface area contributed by atoms with Crippen molar-refractivity contribution < 1.29 is 8.83 Å². The Hall–Kier alpha value is -7.11. The van der Waals surface area contributed by atoms with Crippen LogP contribution < -0.4 is 0 Å². The number of aryl methyl sites for hydroxylation is 1. The lowest BCUT2D eigenvalue weighted by Gasteiger charge is -2.18. The van der Waals surface area contributed by atoms with E-state index in [1.807, 2.05) is 78.9 Å². The molecule has 1 aliphatic carbocycles. The van der Waals surface area contributed by atoms with E-state index in [2.05, 4.69) is 84.9 Å². The van der Waals surface area contributed by atoms with Crippen LogP contribution in [0.1, 0.15) is 23.3 Å². The Kier molecular flexibility index (Phi) is 6.92. The summed E-state index contributed by atoms with van der Waals surface area (Å²) >= 11 is 0. The quantitative estimate of drug-likeness (QED) is 0.179. The van der Waals surface area contributed by atoms with E-state index in [-0.39, 0.29) is 0 Å². The van der Waals surface area contributed by atoms with Crippen molar-refractivity contribution in [3.8, 4) is 45.3 Å². The Balaban J connectivity index is 1.05. The molecule has 10 aromatic rings. The molecule has 1 aliphatic rings. The van der Waals surface area contributed by atoms with Gasteiger partial charge in [0.1, 0.15) is 22.5 Å². The van der Waals surface area contributed by atoms with E-state index in [1.165, 1.54) is 11.1 Å². The first-order valence-corrected chi connectivity index (χ1v) is 18.3. The molecule has 0 spiro atoms. The van der Waals surface area contributed by atoms with Crippen LogP contribution in [0.5, 0.6) is 0 Å². The number of para-hydroxylation sites is 1. The SMILES string of the molecule is C1=C(c2ccc(-c3nc(-c4ccccc4)nc(-c4ccccc4)n3)c3ccccc23)c2c(oc3cc(-c4cccc5oc6ccccc6c45)ccc23)CC1. The third-order valence-corrected chi connectivity index (χ3v) is 10.6. The van der Waals surface area contributed by atoms with Crippen molar-refractivity contribution in [3.05, 3.63) is 181 Å². The molecule has 3 aromatic heterocycles. The second-order valence-corrected chi connectivity index (χ2v) is 13.8. The highest BCUT2D eigenvalue weighted by Gasteiger charge is 2.25. The fourth-order valence-electron chi connectivity index (χ4n) is 8.15. The third kappa shape index (κ3) is 4.90. The summed E-state index contributed by atoms with van der Waals surface area (Å²) in [7, 11) is 0. The van der Waals surface area contributed by atoms with E-state index >= 15 is 0 Å². The molecule has 0 fully saturated rings. The second-order valence-electron chi connectivity index (χ2n) is 13.8. The van der Waals surface area contributed by atoms with Crippen molar-refractivity contribution in [2.75, 3.05) is 0 Å². The Morgan fingerprint density at radius 3 is 1.80 bits per heavy atom. The maximum atomic E-state index is 6.71. The van der Waals surface area contributed by atoms with Gasteiger partial charge in [0.25, 0.3) is 0 Å². The van der Waals surface area contributed by atoms with Gasteiger partial charge < -0.3 is 8.83 Å². The van der Waals surface area contributed by atoms with E-state index in [4.69, 9.17) is 23.8 Å². The van der Waals surface area contributed by atoms with Crippen LogP contribution in [0.4, 0.5) is 0 Å². The molecule has 5 nitrogen and oxygen atoms in total. The molecule has 0 N–H and O–H groups in total. The molecule has 0 saturated heterocycles. The summed E-state index contributed by atoms with van der Waals surface area (Å²) in [6, 6.07) is 54.4. The summed E-state index contributed by atoms with van der Waals surface area (Å²) in [5, 5.41) is 5.59. The van der Waals surface area contributed by atoms with Gasteiger partial charge >= 0.3 is 0 Å². The number of rotatable bonds is 5. The molecule has 7 aromatic carbocycles. The summed E-state index contributed by atoms with van der Waals surface area (Å²) < 4.78 is 12.9. The van der Waals surface area contributed by atoms with E-state index < -0.39 is 0 Å². The molecule has 0 atom stereocenters. The van der Waals surface area contributed by atoms with Gasteiger partial charge in [-0.25, -0.2) is 15.0 Å². The zero-order chi connectivity index (χ0) is 35.6. The van der Waals surface area contributed by atoms with Gasteiger partial charge in [0.05, 0.1) is 0 Å². The summed E-state index contributed by atoms with van der Waals surface area (Å²) in [5.74, 6) is 2.96. The normalized spacial score (nSPS) is 12.8. The number of hydrogen-bond donors (Lipinski definition) is 0. The highest BCUT2D eigenvalue weighted by Crippen LogP contribution is 2.44. The molecule has 11 rings (SSSR count).